The van der Waals surface area contributed by atoms with E-state index < -0.39 is 5.97 Å². The fourth-order valence-electron chi connectivity index (χ4n) is 3.75. The maximum absolute atomic E-state index is 13.1. The Kier molecular flexibility index (Phi) is 7.22. The molecule has 0 aliphatic rings. The van der Waals surface area contributed by atoms with Crippen LogP contribution in [0, 0.1) is 13.8 Å². The van der Waals surface area contributed by atoms with Gasteiger partial charge < -0.3 is 9.72 Å². The lowest BCUT2D eigenvalue weighted by atomic mass is 10.1. The minimum atomic E-state index is -0.427. The average molecular weight is 476 g/mol. The first-order valence-electron chi connectivity index (χ1n) is 10.9. The number of rotatable bonds is 9. The predicted octanol–water partition coefficient (Wildman–Crippen LogP) is 4.49. The first-order valence-corrected chi connectivity index (χ1v) is 11.9. The number of Topliss-reactive ketones (excluding diaryl/α,β-unsaturated/α-hetero) is 1. The highest BCUT2D eigenvalue weighted by Gasteiger charge is 2.24. The number of aromatic nitrogens is 5. The zero-order valence-corrected chi connectivity index (χ0v) is 20.1. The van der Waals surface area contributed by atoms with Gasteiger partial charge in [-0.05, 0) is 44.0 Å². The smallest absolute Gasteiger partial charge is 0.340 e. The zero-order chi connectivity index (χ0) is 24.1. The van der Waals surface area contributed by atoms with Crippen molar-refractivity contribution in [2.45, 2.75) is 32.5 Å². The molecule has 3 heterocycles. The van der Waals surface area contributed by atoms with Crippen LogP contribution in [-0.2, 0) is 11.3 Å². The molecule has 0 aliphatic carbocycles. The summed E-state index contributed by atoms with van der Waals surface area (Å²) in [5.41, 5.74) is 3.99. The molecule has 9 heteroatoms. The molecule has 0 radical (unpaired) electrons. The molecule has 0 amide bonds. The Morgan fingerprint density at radius 1 is 1.09 bits per heavy atom. The van der Waals surface area contributed by atoms with Crippen molar-refractivity contribution >= 4 is 23.5 Å². The molecule has 174 valence electrons. The summed E-state index contributed by atoms with van der Waals surface area (Å²) >= 11 is 1.31. The number of nitrogens with one attached hydrogen (secondary N) is 1. The Morgan fingerprint density at radius 2 is 1.88 bits per heavy atom. The van der Waals surface area contributed by atoms with Gasteiger partial charge in [0.25, 0.3) is 0 Å². The molecule has 1 N–H and O–H groups in total. The van der Waals surface area contributed by atoms with E-state index in [0.717, 1.165) is 11.1 Å². The third-order valence-corrected chi connectivity index (χ3v) is 6.32. The van der Waals surface area contributed by atoms with Crippen LogP contribution in [0.2, 0.25) is 0 Å². The number of H-pyrrole nitrogens is 1. The Labute approximate surface area is 201 Å². The van der Waals surface area contributed by atoms with Gasteiger partial charge in [0, 0.05) is 23.7 Å². The second-order valence-corrected chi connectivity index (χ2v) is 8.62. The molecule has 8 nitrogen and oxygen atoms in total. The normalized spacial score (nSPS) is 10.9. The van der Waals surface area contributed by atoms with Crippen molar-refractivity contribution in [3.05, 3.63) is 82.9 Å². The number of esters is 1. The van der Waals surface area contributed by atoms with Gasteiger partial charge in [-0.2, -0.15) is 0 Å². The third-order valence-electron chi connectivity index (χ3n) is 5.35. The number of aryl methyl sites for hydroxylation is 1. The first kappa shape index (κ1) is 23.4. The van der Waals surface area contributed by atoms with Gasteiger partial charge >= 0.3 is 5.97 Å². The molecule has 34 heavy (non-hydrogen) atoms. The summed E-state index contributed by atoms with van der Waals surface area (Å²) in [6, 6.07) is 13.8. The van der Waals surface area contributed by atoms with E-state index in [4.69, 9.17) is 4.74 Å². The first-order chi connectivity index (χ1) is 16.5. The lowest BCUT2D eigenvalue weighted by molar-refractivity contribution is 0.0525. The van der Waals surface area contributed by atoms with Crippen LogP contribution in [-0.4, -0.2) is 48.8 Å². The van der Waals surface area contributed by atoms with Crippen LogP contribution in [0.4, 0.5) is 0 Å². The topological polar surface area (TPSA) is 103 Å². The number of carbonyl (C=O) groups is 2. The van der Waals surface area contributed by atoms with Crippen LogP contribution in [0.3, 0.4) is 0 Å². The van der Waals surface area contributed by atoms with Crippen LogP contribution in [0.15, 0.2) is 60.0 Å². The van der Waals surface area contributed by atoms with Crippen molar-refractivity contribution in [2.24, 2.45) is 0 Å². The summed E-state index contributed by atoms with van der Waals surface area (Å²) < 4.78 is 7.11. The standard InChI is InChI=1S/C25H25N5O3S/c1-4-33-24(32)21-16(2)22(27-17(21)3)20(31)15-34-25-29-28-23(19-11-8-12-26-13-19)30(25)14-18-9-6-5-7-10-18/h5-13,27H,4,14-15H2,1-3H3. The van der Waals surface area contributed by atoms with Gasteiger partial charge in [-0.1, -0.05) is 42.1 Å². The Bertz CT molecular complexity index is 1300. The molecule has 0 spiro atoms. The second-order valence-electron chi connectivity index (χ2n) is 7.68. The van der Waals surface area contributed by atoms with Crippen molar-refractivity contribution in [1.82, 2.24) is 24.7 Å². The lowest BCUT2D eigenvalue weighted by Crippen LogP contribution is -2.09. The van der Waals surface area contributed by atoms with Crippen LogP contribution in [0.25, 0.3) is 11.4 Å². The highest BCUT2D eigenvalue weighted by molar-refractivity contribution is 7.99. The van der Waals surface area contributed by atoms with E-state index in [1.165, 1.54) is 11.8 Å². The minimum absolute atomic E-state index is 0.127. The fraction of sp³-hybridized carbons (Fsp3) is 0.240. The SMILES string of the molecule is CCOC(=O)c1c(C)[nH]c(C(=O)CSc2nnc(-c3cccnc3)n2Cc2ccccc2)c1C. The van der Waals surface area contributed by atoms with Crippen molar-refractivity contribution in [3.8, 4) is 11.4 Å². The molecule has 0 aliphatic heterocycles. The number of ether oxygens (including phenoxy) is 1. The van der Waals surface area contributed by atoms with E-state index in [1.54, 1.807) is 33.2 Å². The lowest BCUT2D eigenvalue weighted by Gasteiger charge is -2.10. The average Bonchev–Trinajstić information content (AvgIpc) is 3.38. The van der Waals surface area contributed by atoms with Crippen molar-refractivity contribution in [2.75, 3.05) is 12.4 Å². The Hall–Kier alpha value is -3.72. The number of benzene rings is 1. The highest BCUT2D eigenvalue weighted by Crippen LogP contribution is 2.27. The fourth-order valence-corrected chi connectivity index (χ4v) is 4.56. The quantitative estimate of drug-likeness (QED) is 0.216. The molecular formula is C25H25N5O3S. The number of nitrogens with zero attached hydrogens (tertiary/aromatic N) is 4. The largest absolute Gasteiger partial charge is 0.462 e. The summed E-state index contributed by atoms with van der Waals surface area (Å²) in [5, 5.41) is 9.38. The van der Waals surface area contributed by atoms with Crippen LogP contribution in [0.5, 0.6) is 0 Å². The number of thioether (sulfide) groups is 1. The number of carbonyl (C=O) groups excluding carboxylic acids is 2. The maximum Gasteiger partial charge on any atom is 0.340 e. The van der Waals surface area contributed by atoms with E-state index in [9.17, 15) is 9.59 Å². The van der Waals surface area contributed by atoms with E-state index in [0.29, 0.717) is 40.0 Å². The number of aromatic amines is 1. The van der Waals surface area contributed by atoms with Gasteiger partial charge in [-0.15, -0.1) is 10.2 Å². The van der Waals surface area contributed by atoms with Crippen LogP contribution < -0.4 is 0 Å². The molecule has 0 fully saturated rings. The summed E-state index contributed by atoms with van der Waals surface area (Å²) in [4.78, 5) is 32.6. The van der Waals surface area contributed by atoms with Gasteiger partial charge in [-0.25, -0.2) is 4.79 Å². The zero-order valence-electron chi connectivity index (χ0n) is 19.2. The number of hydrogen-bond donors (Lipinski definition) is 1. The van der Waals surface area contributed by atoms with Gasteiger partial charge in [0.15, 0.2) is 16.8 Å². The van der Waals surface area contributed by atoms with Gasteiger partial charge in [0.2, 0.25) is 0 Å². The molecule has 0 saturated heterocycles. The van der Waals surface area contributed by atoms with E-state index in [2.05, 4.69) is 20.2 Å². The third kappa shape index (κ3) is 4.94. The van der Waals surface area contributed by atoms with Gasteiger partial charge in [0.1, 0.15) is 0 Å². The van der Waals surface area contributed by atoms with E-state index in [1.807, 2.05) is 47.0 Å². The Morgan fingerprint density at radius 3 is 2.59 bits per heavy atom. The van der Waals surface area contributed by atoms with Crippen LogP contribution in [0.1, 0.15) is 44.6 Å². The van der Waals surface area contributed by atoms with E-state index >= 15 is 0 Å². The number of pyridine rings is 1. The number of ketones is 1. The second kappa shape index (κ2) is 10.5. The minimum Gasteiger partial charge on any atom is -0.462 e. The van der Waals surface area contributed by atoms with Gasteiger partial charge in [0.05, 0.1) is 30.2 Å². The van der Waals surface area contributed by atoms with Crippen molar-refractivity contribution < 1.29 is 14.3 Å². The van der Waals surface area contributed by atoms with E-state index in [-0.39, 0.29) is 18.1 Å². The number of hydrogen-bond acceptors (Lipinski definition) is 7. The predicted molar refractivity (Wildman–Crippen MR) is 130 cm³/mol. The van der Waals surface area contributed by atoms with Crippen molar-refractivity contribution in [3.63, 3.8) is 0 Å². The maximum atomic E-state index is 13.1. The Balaban J connectivity index is 1.59. The molecule has 0 saturated carbocycles. The summed E-state index contributed by atoms with van der Waals surface area (Å²) in [5.74, 6) is 0.272. The highest BCUT2D eigenvalue weighted by atomic mass is 32.2. The summed E-state index contributed by atoms with van der Waals surface area (Å²) in [6.45, 7) is 6.11. The molecule has 1 aromatic carbocycles. The van der Waals surface area contributed by atoms with Gasteiger partial charge in [-0.3, -0.25) is 14.3 Å². The summed E-state index contributed by atoms with van der Waals surface area (Å²) in [7, 11) is 0. The summed E-state index contributed by atoms with van der Waals surface area (Å²) in [6.07, 6.45) is 3.45. The monoisotopic (exact) mass is 475 g/mol. The molecular weight excluding hydrogens is 450 g/mol. The molecule has 3 aromatic heterocycles. The van der Waals surface area contributed by atoms with Crippen LogP contribution >= 0.6 is 11.8 Å². The molecule has 0 atom stereocenters. The molecule has 0 bridgehead atoms. The van der Waals surface area contributed by atoms with Crippen molar-refractivity contribution in [1.29, 1.82) is 0 Å². The molecule has 4 aromatic rings. The molecule has 0 unspecified atom stereocenters. The molecule has 4 rings (SSSR count).